The largest absolute Gasteiger partial charge is 0.493 e. The Bertz CT molecular complexity index is 1480. The molecular formula is C30H25NO3. The third-order valence-electron chi connectivity index (χ3n) is 5.99. The van der Waals surface area contributed by atoms with Crippen LogP contribution in [0.25, 0.3) is 33.8 Å². The summed E-state index contributed by atoms with van der Waals surface area (Å²) in [7, 11) is 0. The van der Waals surface area contributed by atoms with Crippen LogP contribution in [0.15, 0.2) is 91.0 Å². The van der Waals surface area contributed by atoms with Crippen LogP contribution in [0.3, 0.4) is 0 Å². The second-order valence-corrected chi connectivity index (χ2v) is 8.26. The molecule has 0 saturated carbocycles. The van der Waals surface area contributed by atoms with Crippen LogP contribution in [0.2, 0.25) is 0 Å². The van der Waals surface area contributed by atoms with Gasteiger partial charge in [-0.15, -0.1) is 0 Å². The summed E-state index contributed by atoms with van der Waals surface area (Å²) in [6, 6.07) is 30.3. The van der Waals surface area contributed by atoms with Crippen molar-refractivity contribution in [3.8, 4) is 5.75 Å². The molecule has 0 amide bonds. The van der Waals surface area contributed by atoms with Crippen LogP contribution in [-0.2, 0) is 6.42 Å². The summed E-state index contributed by atoms with van der Waals surface area (Å²) in [4.78, 5) is 15.0. The summed E-state index contributed by atoms with van der Waals surface area (Å²) in [5.74, 6) is -0.0899. The molecule has 0 radical (unpaired) electrons. The fourth-order valence-corrected chi connectivity index (χ4v) is 4.33. The molecule has 34 heavy (non-hydrogen) atoms. The molecule has 0 fully saturated rings. The zero-order valence-corrected chi connectivity index (χ0v) is 18.7. The van der Waals surface area contributed by atoms with Crippen molar-refractivity contribution >= 4 is 39.8 Å². The van der Waals surface area contributed by atoms with Crippen molar-refractivity contribution in [1.29, 1.82) is 0 Å². The SMILES string of the molecule is O=C(O)c1[nH]c2cc(/C=C/c3ccccc3)ccc2c1CCCOc1cccc2ccccc12. The number of hydrogen-bond donors (Lipinski definition) is 2. The minimum absolute atomic E-state index is 0.254. The number of rotatable bonds is 8. The van der Waals surface area contributed by atoms with Crippen LogP contribution in [0.4, 0.5) is 0 Å². The van der Waals surface area contributed by atoms with Gasteiger partial charge in [-0.05, 0) is 47.1 Å². The van der Waals surface area contributed by atoms with Crippen molar-refractivity contribution in [1.82, 2.24) is 4.98 Å². The molecule has 1 heterocycles. The van der Waals surface area contributed by atoms with E-state index in [0.29, 0.717) is 19.4 Å². The fraction of sp³-hybridized carbons (Fsp3) is 0.100. The second kappa shape index (κ2) is 9.67. The lowest BCUT2D eigenvalue weighted by atomic mass is 10.0. The minimum Gasteiger partial charge on any atom is -0.493 e. The van der Waals surface area contributed by atoms with Crippen molar-refractivity contribution in [3.05, 3.63) is 113 Å². The second-order valence-electron chi connectivity index (χ2n) is 8.26. The van der Waals surface area contributed by atoms with Gasteiger partial charge in [-0.1, -0.05) is 91.0 Å². The number of fused-ring (bicyclic) bond motifs is 2. The summed E-state index contributed by atoms with van der Waals surface area (Å²) in [5.41, 5.74) is 4.04. The first-order chi connectivity index (χ1) is 16.7. The van der Waals surface area contributed by atoms with Gasteiger partial charge in [0.05, 0.1) is 6.61 Å². The van der Waals surface area contributed by atoms with Gasteiger partial charge >= 0.3 is 5.97 Å². The van der Waals surface area contributed by atoms with Crippen molar-refractivity contribution in [2.45, 2.75) is 12.8 Å². The number of benzene rings is 4. The van der Waals surface area contributed by atoms with Gasteiger partial charge in [0.2, 0.25) is 0 Å². The Morgan fingerprint density at radius 3 is 2.44 bits per heavy atom. The van der Waals surface area contributed by atoms with Gasteiger partial charge < -0.3 is 14.8 Å². The Morgan fingerprint density at radius 2 is 1.59 bits per heavy atom. The highest BCUT2D eigenvalue weighted by Gasteiger charge is 2.17. The third-order valence-corrected chi connectivity index (χ3v) is 5.99. The number of aromatic amines is 1. The Balaban J connectivity index is 1.32. The Labute approximate surface area is 198 Å². The summed E-state index contributed by atoms with van der Waals surface area (Å²) >= 11 is 0. The molecule has 0 spiro atoms. The number of nitrogens with one attached hydrogen (secondary N) is 1. The molecule has 4 heteroatoms. The number of H-pyrrole nitrogens is 1. The maximum atomic E-state index is 11.9. The van der Waals surface area contributed by atoms with Crippen LogP contribution in [0.1, 0.15) is 33.6 Å². The first kappa shape index (κ1) is 21.5. The number of carboxylic acid groups (broad SMARTS) is 1. The van der Waals surface area contributed by atoms with Gasteiger partial charge in [-0.25, -0.2) is 4.79 Å². The summed E-state index contributed by atoms with van der Waals surface area (Å²) in [5, 5.41) is 12.9. The predicted octanol–water partition coefficient (Wildman–Crippen LogP) is 7.20. The number of aromatic nitrogens is 1. The number of aryl methyl sites for hydroxylation is 1. The molecule has 5 aromatic rings. The highest BCUT2D eigenvalue weighted by molar-refractivity contribution is 5.98. The van der Waals surface area contributed by atoms with Gasteiger partial charge in [0.1, 0.15) is 11.4 Å². The van der Waals surface area contributed by atoms with E-state index >= 15 is 0 Å². The van der Waals surface area contributed by atoms with E-state index in [4.69, 9.17) is 4.74 Å². The lowest BCUT2D eigenvalue weighted by molar-refractivity contribution is 0.0690. The Kier molecular flexibility index (Phi) is 6.13. The number of hydrogen-bond acceptors (Lipinski definition) is 2. The molecule has 4 aromatic carbocycles. The van der Waals surface area contributed by atoms with Crippen molar-refractivity contribution in [2.24, 2.45) is 0 Å². The topological polar surface area (TPSA) is 62.3 Å². The summed E-state index contributed by atoms with van der Waals surface area (Å²) < 4.78 is 6.06. The highest BCUT2D eigenvalue weighted by atomic mass is 16.5. The molecule has 4 nitrogen and oxygen atoms in total. The molecule has 0 unspecified atom stereocenters. The lowest BCUT2D eigenvalue weighted by Crippen LogP contribution is -2.04. The third kappa shape index (κ3) is 4.57. The van der Waals surface area contributed by atoms with Gasteiger partial charge in [0, 0.05) is 16.3 Å². The van der Waals surface area contributed by atoms with E-state index in [9.17, 15) is 9.90 Å². The molecule has 5 rings (SSSR count). The summed E-state index contributed by atoms with van der Waals surface area (Å²) in [6.45, 7) is 0.512. The first-order valence-corrected chi connectivity index (χ1v) is 11.4. The van der Waals surface area contributed by atoms with E-state index < -0.39 is 5.97 Å². The zero-order valence-electron chi connectivity index (χ0n) is 18.7. The Morgan fingerprint density at radius 1 is 0.824 bits per heavy atom. The quantitative estimate of drug-likeness (QED) is 0.195. The molecule has 0 aliphatic heterocycles. The maximum Gasteiger partial charge on any atom is 0.352 e. The van der Waals surface area contributed by atoms with Gasteiger partial charge in [-0.3, -0.25) is 0 Å². The smallest absolute Gasteiger partial charge is 0.352 e. The Hall–Kier alpha value is -4.31. The monoisotopic (exact) mass is 447 g/mol. The van der Waals surface area contributed by atoms with Crippen LogP contribution >= 0.6 is 0 Å². The molecular weight excluding hydrogens is 422 g/mol. The van der Waals surface area contributed by atoms with E-state index in [-0.39, 0.29) is 5.69 Å². The van der Waals surface area contributed by atoms with E-state index in [0.717, 1.165) is 44.1 Å². The lowest BCUT2D eigenvalue weighted by Gasteiger charge is -2.09. The number of carbonyl (C=O) groups is 1. The normalized spacial score (nSPS) is 11.4. The predicted molar refractivity (Wildman–Crippen MR) is 138 cm³/mol. The van der Waals surface area contributed by atoms with Gasteiger partial charge in [0.25, 0.3) is 0 Å². The minimum atomic E-state index is -0.942. The van der Waals surface area contributed by atoms with Crippen molar-refractivity contribution in [3.63, 3.8) is 0 Å². The van der Waals surface area contributed by atoms with Crippen molar-refractivity contribution < 1.29 is 14.6 Å². The number of aromatic carboxylic acids is 1. The summed E-state index contributed by atoms with van der Waals surface area (Å²) in [6.07, 6.45) is 5.42. The molecule has 0 aliphatic carbocycles. The van der Waals surface area contributed by atoms with Crippen molar-refractivity contribution in [2.75, 3.05) is 6.61 Å². The van der Waals surface area contributed by atoms with Crippen LogP contribution in [0.5, 0.6) is 5.75 Å². The van der Waals surface area contributed by atoms with Crippen LogP contribution in [-0.4, -0.2) is 22.7 Å². The molecule has 2 N–H and O–H groups in total. The van der Waals surface area contributed by atoms with Crippen LogP contribution in [0, 0.1) is 0 Å². The molecule has 0 aliphatic rings. The number of carboxylic acids is 1. The molecule has 0 saturated heterocycles. The van der Waals surface area contributed by atoms with E-state index in [1.807, 2.05) is 84.9 Å². The standard InChI is InChI=1S/C30H25NO3/c32-30(33)29-26(13-7-19-34-28-14-6-11-23-10-4-5-12-24(23)28)25-18-17-22(20-27(25)31-29)16-15-21-8-2-1-3-9-21/h1-6,8-12,14-18,20,31H,7,13,19H2,(H,32,33)/b16-15+. The average Bonchev–Trinajstić information content (AvgIpc) is 3.24. The van der Waals surface area contributed by atoms with E-state index in [1.54, 1.807) is 0 Å². The number of ether oxygens (including phenoxy) is 1. The molecule has 168 valence electrons. The highest BCUT2D eigenvalue weighted by Crippen LogP contribution is 2.28. The maximum absolute atomic E-state index is 11.9. The molecule has 1 aromatic heterocycles. The van der Waals surface area contributed by atoms with Gasteiger partial charge in [0.15, 0.2) is 0 Å². The van der Waals surface area contributed by atoms with Crippen LogP contribution < -0.4 is 4.74 Å². The van der Waals surface area contributed by atoms with E-state index in [1.165, 1.54) is 0 Å². The average molecular weight is 448 g/mol. The molecule has 0 atom stereocenters. The molecule has 0 bridgehead atoms. The van der Waals surface area contributed by atoms with E-state index in [2.05, 4.69) is 23.2 Å². The van der Waals surface area contributed by atoms with Gasteiger partial charge in [-0.2, -0.15) is 0 Å². The fourth-order valence-electron chi connectivity index (χ4n) is 4.33. The first-order valence-electron chi connectivity index (χ1n) is 11.4. The zero-order chi connectivity index (χ0) is 23.3.